The average Bonchev–Trinajstić information content (AvgIpc) is 2.88. The first kappa shape index (κ1) is 26.3. The molecule has 1 atom stereocenters. The molecule has 3 aromatic rings. The number of aryl methyl sites for hydroxylation is 1. The van der Waals surface area contributed by atoms with Crippen LogP contribution in [0, 0.1) is 6.92 Å². The van der Waals surface area contributed by atoms with E-state index in [2.05, 4.69) is 21.9 Å². The molecule has 0 radical (unpaired) electrons. The second-order valence-electron chi connectivity index (χ2n) is 8.01. The molecule has 0 saturated heterocycles. The molecular formula is C28H31N3O5. The molecule has 2 amide bonds. The maximum absolute atomic E-state index is 12.5. The number of carbonyl (C=O) groups excluding carboxylic acids is 2. The fourth-order valence-electron chi connectivity index (χ4n) is 3.51. The molecule has 188 valence electrons. The molecule has 8 heteroatoms. The smallest absolute Gasteiger partial charge is 0.407 e. The lowest BCUT2D eigenvalue weighted by atomic mass is 10.0. The number of hydrazone groups is 1. The zero-order chi connectivity index (χ0) is 25.8. The number of ether oxygens (including phenoxy) is 3. The molecular weight excluding hydrogens is 458 g/mol. The fraction of sp³-hybridized carbons (Fsp3) is 0.250. The molecule has 3 rings (SSSR count). The number of nitrogens with one attached hydrogen (secondary N) is 2. The van der Waals surface area contributed by atoms with E-state index in [1.54, 1.807) is 26.2 Å². The number of amides is 2. The van der Waals surface area contributed by atoms with Crippen molar-refractivity contribution in [2.24, 2.45) is 5.10 Å². The van der Waals surface area contributed by atoms with E-state index in [1.807, 2.05) is 61.5 Å². The van der Waals surface area contributed by atoms with Crippen molar-refractivity contribution in [1.82, 2.24) is 10.7 Å². The summed E-state index contributed by atoms with van der Waals surface area (Å²) in [6.07, 6.45) is 0.926. The van der Waals surface area contributed by atoms with Crippen LogP contribution in [0.15, 0.2) is 77.9 Å². The highest BCUT2D eigenvalue weighted by Crippen LogP contribution is 2.28. The van der Waals surface area contributed by atoms with Gasteiger partial charge in [-0.2, -0.15) is 5.10 Å². The molecule has 0 unspecified atom stereocenters. The second kappa shape index (κ2) is 13.5. The first-order valence-electron chi connectivity index (χ1n) is 11.6. The predicted molar refractivity (Wildman–Crippen MR) is 138 cm³/mol. The number of benzene rings is 3. The molecule has 0 aliphatic heterocycles. The minimum atomic E-state index is -0.584. The fourth-order valence-corrected chi connectivity index (χ4v) is 3.51. The van der Waals surface area contributed by atoms with Gasteiger partial charge in [0.25, 0.3) is 0 Å². The van der Waals surface area contributed by atoms with Crippen molar-refractivity contribution in [2.75, 3.05) is 13.7 Å². The lowest BCUT2D eigenvalue weighted by molar-refractivity contribution is -0.121. The highest BCUT2D eigenvalue weighted by molar-refractivity contribution is 5.83. The van der Waals surface area contributed by atoms with E-state index in [1.165, 1.54) is 11.8 Å². The van der Waals surface area contributed by atoms with Gasteiger partial charge in [-0.1, -0.05) is 60.2 Å². The van der Waals surface area contributed by atoms with Gasteiger partial charge < -0.3 is 19.5 Å². The molecule has 0 aliphatic rings. The van der Waals surface area contributed by atoms with Crippen LogP contribution in [0.4, 0.5) is 4.79 Å². The minimum Gasteiger partial charge on any atom is -0.493 e. The number of nitrogens with zero attached hydrogens (tertiary/aromatic N) is 1. The first-order chi connectivity index (χ1) is 17.5. The molecule has 36 heavy (non-hydrogen) atoms. The number of carbonyl (C=O) groups is 2. The van der Waals surface area contributed by atoms with Crippen molar-refractivity contribution in [1.29, 1.82) is 0 Å². The van der Waals surface area contributed by atoms with Crippen LogP contribution >= 0.6 is 0 Å². The van der Waals surface area contributed by atoms with Crippen LogP contribution in [-0.2, 0) is 16.1 Å². The Morgan fingerprint density at radius 1 is 1.00 bits per heavy atom. The Morgan fingerprint density at radius 2 is 1.81 bits per heavy atom. The zero-order valence-corrected chi connectivity index (χ0v) is 20.7. The Hall–Kier alpha value is -4.33. The van der Waals surface area contributed by atoms with Crippen LogP contribution in [-0.4, -0.2) is 31.9 Å². The van der Waals surface area contributed by atoms with Crippen LogP contribution in [0.3, 0.4) is 0 Å². The van der Waals surface area contributed by atoms with Gasteiger partial charge in [0.15, 0.2) is 11.5 Å². The highest BCUT2D eigenvalue weighted by atomic mass is 16.5. The summed E-state index contributed by atoms with van der Waals surface area (Å²) >= 11 is 0. The second-order valence-corrected chi connectivity index (χ2v) is 8.01. The van der Waals surface area contributed by atoms with Crippen molar-refractivity contribution in [3.8, 4) is 11.5 Å². The Labute approximate surface area is 211 Å². The van der Waals surface area contributed by atoms with Crippen LogP contribution in [0.5, 0.6) is 11.5 Å². The predicted octanol–water partition coefficient (Wildman–Crippen LogP) is 4.91. The molecule has 8 nitrogen and oxygen atoms in total. The number of alkyl carbamates (subject to hydrolysis) is 1. The summed E-state index contributed by atoms with van der Waals surface area (Å²) < 4.78 is 16.3. The van der Waals surface area contributed by atoms with Crippen LogP contribution in [0.25, 0.3) is 0 Å². The van der Waals surface area contributed by atoms with Crippen molar-refractivity contribution in [2.45, 2.75) is 32.9 Å². The van der Waals surface area contributed by atoms with E-state index in [9.17, 15) is 9.59 Å². The quantitative estimate of drug-likeness (QED) is 0.295. The van der Waals surface area contributed by atoms with Gasteiger partial charge in [-0.3, -0.25) is 4.79 Å². The van der Waals surface area contributed by atoms with Crippen molar-refractivity contribution < 1.29 is 23.8 Å². The molecule has 0 fully saturated rings. The Bertz CT molecular complexity index is 1180. The van der Waals surface area contributed by atoms with Crippen LogP contribution < -0.4 is 20.2 Å². The van der Waals surface area contributed by atoms with Crippen molar-refractivity contribution >= 4 is 18.2 Å². The van der Waals surface area contributed by atoms with Gasteiger partial charge in [0.05, 0.1) is 32.4 Å². The Balaban J connectivity index is 1.59. The monoisotopic (exact) mass is 489 g/mol. The molecule has 0 spiro atoms. The van der Waals surface area contributed by atoms with Gasteiger partial charge in [-0.15, -0.1) is 0 Å². The summed E-state index contributed by atoms with van der Waals surface area (Å²) in [7, 11) is 1.57. The summed E-state index contributed by atoms with van der Waals surface area (Å²) in [6, 6.07) is 22.2. The van der Waals surface area contributed by atoms with Gasteiger partial charge in [-0.05, 0) is 48.7 Å². The van der Waals surface area contributed by atoms with E-state index in [4.69, 9.17) is 14.2 Å². The van der Waals surface area contributed by atoms with Gasteiger partial charge in [-0.25, -0.2) is 10.2 Å². The maximum Gasteiger partial charge on any atom is 0.407 e. The standard InChI is InChI=1S/C28H31N3O5/c1-4-35-28(33)30-24(23-11-6-5-7-12-23)17-27(32)31-29-18-21-13-14-25(26(16-21)34-3)36-19-22-10-8-9-20(2)15-22/h5-16,18,24H,4,17,19H2,1-3H3,(H,30,33)(H,31,32)/b29-18-/t24-/m0/s1. The molecule has 0 saturated carbocycles. The lowest BCUT2D eigenvalue weighted by Gasteiger charge is -2.18. The normalized spacial score (nSPS) is 11.5. The third kappa shape index (κ3) is 8.16. The van der Waals surface area contributed by atoms with Gasteiger partial charge in [0.1, 0.15) is 6.61 Å². The topological polar surface area (TPSA) is 98.2 Å². The van der Waals surface area contributed by atoms with Gasteiger partial charge in [0, 0.05) is 0 Å². The number of rotatable bonds is 11. The molecule has 0 bridgehead atoms. The zero-order valence-electron chi connectivity index (χ0n) is 20.7. The van der Waals surface area contributed by atoms with Crippen LogP contribution in [0.2, 0.25) is 0 Å². The summed E-state index contributed by atoms with van der Waals surface area (Å²) in [5.74, 6) is 0.804. The Morgan fingerprint density at radius 3 is 2.53 bits per heavy atom. The van der Waals surface area contributed by atoms with E-state index < -0.39 is 12.1 Å². The number of hydrogen-bond donors (Lipinski definition) is 2. The van der Waals surface area contributed by atoms with E-state index in [0.717, 1.165) is 16.7 Å². The molecule has 0 aliphatic carbocycles. The van der Waals surface area contributed by atoms with E-state index >= 15 is 0 Å². The third-order valence-corrected chi connectivity index (χ3v) is 5.23. The Kier molecular flexibility index (Phi) is 9.88. The number of hydrogen-bond acceptors (Lipinski definition) is 6. The SMILES string of the molecule is CCOC(=O)N[C@@H](CC(=O)N/N=C\c1ccc(OCc2cccc(C)c2)c(OC)c1)c1ccccc1. The lowest BCUT2D eigenvalue weighted by Crippen LogP contribution is -2.33. The average molecular weight is 490 g/mol. The van der Waals surface area contributed by atoms with Gasteiger partial charge in [0.2, 0.25) is 5.91 Å². The third-order valence-electron chi connectivity index (χ3n) is 5.23. The molecule has 0 heterocycles. The summed E-state index contributed by atoms with van der Waals surface area (Å²) in [4.78, 5) is 24.4. The van der Waals surface area contributed by atoms with Gasteiger partial charge >= 0.3 is 6.09 Å². The minimum absolute atomic E-state index is 0.00474. The van der Waals surface area contributed by atoms with Crippen molar-refractivity contribution in [3.63, 3.8) is 0 Å². The molecule has 3 aromatic carbocycles. The van der Waals surface area contributed by atoms with E-state index in [0.29, 0.717) is 18.1 Å². The molecule has 0 aromatic heterocycles. The highest BCUT2D eigenvalue weighted by Gasteiger charge is 2.18. The van der Waals surface area contributed by atoms with E-state index in [-0.39, 0.29) is 18.9 Å². The number of methoxy groups -OCH3 is 1. The summed E-state index contributed by atoms with van der Waals surface area (Å²) in [6.45, 7) is 4.42. The maximum atomic E-state index is 12.5. The largest absolute Gasteiger partial charge is 0.493 e. The molecule has 2 N–H and O–H groups in total. The summed E-state index contributed by atoms with van der Waals surface area (Å²) in [5.41, 5.74) is 6.25. The van der Waals surface area contributed by atoms with Crippen LogP contribution in [0.1, 0.15) is 41.6 Å². The summed E-state index contributed by atoms with van der Waals surface area (Å²) in [5, 5.41) is 6.76. The first-order valence-corrected chi connectivity index (χ1v) is 11.6. The van der Waals surface area contributed by atoms with Crippen molar-refractivity contribution in [3.05, 3.63) is 95.1 Å².